The van der Waals surface area contributed by atoms with Crippen molar-refractivity contribution in [1.29, 1.82) is 0 Å². The van der Waals surface area contributed by atoms with E-state index in [0.29, 0.717) is 6.54 Å². The molecule has 0 aliphatic heterocycles. The summed E-state index contributed by atoms with van der Waals surface area (Å²) in [6.07, 6.45) is 8.66. The van der Waals surface area contributed by atoms with Crippen molar-refractivity contribution in [3.8, 4) is 11.4 Å². The van der Waals surface area contributed by atoms with Crippen LogP contribution in [0.3, 0.4) is 0 Å². The molecule has 0 radical (unpaired) electrons. The van der Waals surface area contributed by atoms with Crippen LogP contribution >= 0.6 is 0 Å². The average molecular weight is 265 g/mol. The zero-order valence-corrected chi connectivity index (χ0v) is 10.5. The van der Waals surface area contributed by atoms with Crippen LogP contribution in [0.15, 0.2) is 53.7 Å². The smallest absolute Gasteiger partial charge is 0.177 e. The van der Waals surface area contributed by atoms with Crippen LogP contribution in [0.4, 0.5) is 0 Å². The van der Waals surface area contributed by atoms with Crippen LogP contribution in [0.1, 0.15) is 5.56 Å². The Kier molecular flexibility index (Phi) is 2.38. The lowest BCUT2D eigenvalue weighted by Crippen LogP contribution is -2.02. The topological polar surface area (TPSA) is 72.5 Å². The van der Waals surface area contributed by atoms with Crippen LogP contribution in [0, 0.1) is 0 Å². The molecule has 0 aliphatic carbocycles. The van der Waals surface area contributed by atoms with E-state index < -0.39 is 0 Å². The summed E-state index contributed by atoms with van der Waals surface area (Å²) in [6.45, 7) is 0.646. The van der Waals surface area contributed by atoms with E-state index in [-0.39, 0.29) is 0 Å². The van der Waals surface area contributed by atoms with E-state index in [4.69, 9.17) is 4.42 Å². The average Bonchev–Trinajstić information content (AvgIpc) is 3.17. The molecule has 1 N–H and O–H groups in total. The summed E-state index contributed by atoms with van der Waals surface area (Å²) in [5.41, 5.74) is 3.75. The minimum atomic E-state index is 0.646. The van der Waals surface area contributed by atoms with Crippen molar-refractivity contribution in [1.82, 2.24) is 24.7 Å². The number of furan rings is 1. The molecule has 4 aromatic heterocycles. The number of pyridine rings is 1. The van der Waals surface area contributed by atoms with E-state index in [9.17, 15) is 0 Å². The number of fused-ring (bicyclic) bond motifs is 1. The van der Waals surface area contributed by atoms with E-state index in [1.165, 1.54) is 0 Å². The Labute approximate surface area is 114 Å². The molecule has 6 heteroatoms. The van der Waals surface area contributed by atoms with Gasteiger partial charge in [-0.15, -0.1) is 0 Å². The lowest BCUT2D eigenvalue weighted by molar-refractivity contribution is 0.568. The van der Waals surface area contributed by atoms with Crippen molar-refractivity contribution in [2.75, 3.05) is 0 Å². The third-order valence-corrected chi connectivity index (χ3v) is 3.13. The zero-order valence-electron chi connectivity index (χ0n) is 10.5. The summed E-state index contributed by atoms with van der Waals surface area (Å²) in [7, 11) is 0. The fraction of sp³-hybridized carbons (Fsp3) is 0.0714. The second-order valence-corrected chi connectivity index (χ2v) is 4.50. The van der Waals surface area contributed by atoms with Crippen LogP contribution in [0.5, 0.6) is 0 Å². The van der Waals surface area contributed by atoms with Gasteiger partial charge in [-0.25, -0.2) is 9.67 Å². The highest BCUT2D eigenvalue weighted by molar-refractivity contribution is 5.75. The maximum Gasteiger partial charge on any atom is 0.177 e. The van der Waals surface area contributed by atoms with Crippen molar-refractivity contribution in [2.24, 2.45) is 0 Å². The van der Waals surface area contributed by atoms with E-state index in [2.05, 4.69) is 20.1 Å². The molecule has 0 unspecified atom stereocenters. The molecule has 4 aromatic rings. The Bertz CT molecular complexity index is 829. The molecule has 6 nitrogen and oxygen atoms in total. The second kappa shape index (κ2) is 4.34. The van der Waals surface area contributed by atoms with Gasteiger partial charge in [0.25, 0.3) is 0 Å². The van der Waals surface area contributed by atoms with Crippen LogP contribution in [-0.2, 0) is 6.54 Å². The van der Waals surface area contributed by atoms with Gasteiger partial charge in [-0.3, -0.25) is 4.98 Å². The number of nitrogens with zero attached hydrogens (tertiary/aromatic N) is 4. The number of rotatable bonds is 3. The first-order valence-corrected chi connectivity index (χ1v) is 6.23. The Balaban J connectivity index is 1.74. The van der Waals surface area contributed by atoms with Crippen molar-refractivity contribution in [3.63, 3.8) is 0 Å². The molecular weight excluding hydrogens is 254 g/mol. The lowest BCUT2D eigenvalue weighted by Gasteiger charge is -2.00. The van der Waals surface area contributed by atoms with Gasteiger partial charge in [-0.1, -0.05) is 6.07 Å². The summed E-state index contributed by atoms with van der Waals surface area (Å²) in [5.74, 6) is 0.783. The van der Waals surface area contributed by atoms with Crippen molar-refractivity contribution in [3.05, 3.63) is 54.9 Å². The van der Waals surface area contributed by atoms with Gasteiger partial charge in [0.1, 0.15) is 17.6 Å². The molecule has 0 amide bonds. The fourth-order valence-corrected chi connectivity index (χ4v) is 2.16. The maximum absolute atomic E-state index is 5.08. The number of aromatic nitrogens is 5. The number of imidazole rings is 1. The number of nitrogens with one attached hydrogen (secondary N) is 1. The first-order valence-electron chi connectivity index (χ1n) is 6.23. The Hall–Kier alpha value is -2.89. The van der Waals surface area contributed by atoms with E-state index >= 15 is 0 Å². The summed E-state index contributed by atoms with van der Waals surface area (Å²) < 4.78 is 6.93. The van der Waals surface area contributed by atoms with Gasteiger partial charge < -0.3 is 9.40 Å². The Morgan fingerprint density at radius 2 is 2.25 bits per heavy atom. The molecule has 20 heavy (non-hydrogen) atoms. The van der Waals surface area contributed by atoms with Gasteiger partial charge >= 0.3 is 0 Å². The Morgan fingerprint density at radius 3 is 3.05 bits per heavy atom. The second-order valence-electron chi connectivity index (χ2n) is 4.50. The predicted octanol–water partition coefficient (Wildman–Crippen LogP) is 2.46. The largest absolute Gasteiger partial charge is 0.472 e. The summed E-state index contributed by atoms with van der Waals surface area (Å²) in [6, 6.07) is 5.80. The molecule has 0 fully saturated rings. The molecule has 0 spiro atoms. The van der Waals surface area contributed by atoms with E-state index in [1.54, 1.807) is 24.9 Å². The van der Waals surface area contributed by atoms with Crippen LogP contribution < -0.4 is 0 Å². The molecule has 0 aromatic carbocycles. The first kappa shape index (κ1) is 11.0. The van der Waals surface area contributed by atoms with Gasteiger partial charge in [-0.2, -0.15) is 5.10 Å². The minimum absolute atomic E-state index is 0.646. The molecule has 0 atom stereocenters. The highest BCUT2D eigenvalue weighted by Crippen LogP contribution is 2.20. The molecule has 4 rings (SSSR count). The molecule has 98 valence electrons. The van der Waals surface area contributed by atoms with Crippen LogP contribution in [0.2, 0.25) is 0 Å². The summed E-state index contributed by atoms with van der Waals surface area (Å²) in [5, 5.41) is 4.34. The summed E-state index contributed by atoms with van der Waals surface area (Å²) >= 11 is 0. The highest BCUT2D eigenvalue weighted by atomic mass is 16.3. The third-order valence-electron chi connectivity index (χ3n) is 3.13. The minimum Gasteiger partial charge on any atom is -0.472 e. The maximum atomic E-state index is 5.08. The first-order chi connectivity index (χ1) is 9.90. The molecule has 0 bridgehead atoms. The van der Waals surface area contributed by atoms with Crippen molar-refractivity contribution in [2.45, 2.75) is 6.54 Å². The zero-order chi connectivity index (χ0) is 13.4. The number of aromatic amines is 1. The number of hydrogen-bond donors (Lipinski definition) is 1. The van der Waals surface area contributed by atoms with Crippen molar-refractivity contribution < 1.29 is 4.42 Å². The van der Waals surface area contributed by atoms with E-state index in [1.807, 2.05) is 29.1 Å². The monoisotopic (exact) mass is 265 g/mol. The predicted molar refractivity (Wildman–Crippen MR) is 72.9 cm³/mol. The van der Waals surface area contributed by atoms with Crippen LogP contribution in [0.25, 0.3) is 22.6 Å². The highest BCUT2D eigenvalue weighted by Gasteiger charge is 2.11. The standard InChI is InChI=1S/C14H11N5O/c1-2-10(6-15-4-1)8-19-14-12(7-16-19)17-13(18-14)11-3-5-20-9-11/h1-7,9H,8H2,(H,17,18). The van der Waals surface area contributed by atoms with Gasteiger partial charge in [0.2, 0.25) is 0 Å². The molecular formula is C14H11N5O. The van der Waals surface area contributed by atoms with Gasteiger partial charge in [0.05, 0.1) is 24.6 Å². The Morgan fingerprint density at radius 1 is 1.25 bits per heavy atom. The van der Waals surface area contributed by atoms with E-state index in [0.717, 1.165) is 28.1 Å². The van der Waals surface area contributed by atoms with Gasteiger partial charge in [0, 0.05) is 12.4 Å². The number of hydrogen-bond acceptors (Lipinski definition) is 4. The SMILES string of the molecule is c1cncc(Cn2ncc3[nH]c(-c4ccoc4)nc32)c1. The number of H-pyrrole nitrogens is 1. The molecule has 0 saturated carbocycles. The quantitative estimate of drug-likeness (QED) is 0.617. The third kappa shape index (κ3) is 1.78. The molecule has 0 saturated heterocycles. The normalized spacial score (nSPS) is 11.2. The fourth-order valence-electron chi connectivity index (χ4n) is 2.16. The molecule has 0 aliphatic rings. The van der Waals surface area contributed by atoms with Crippen LogP contribution in [-0.4, -0.2) is 24.7 Å². The van der Waals surface area contributed by atoms with Gasteiger partial charge in [0.15, 0.2) is 5.65 Å². The summed E-state index contributed by atoms with van der Waals surface area (Å²) in [4.78, 5) is 11.9. The lowest BCUT2D eigenvalue weighted by atomic mass is 10.3. The van der Waals surface area contributed by atoms with Crippen molar-refractivity contribution >= 4 is 11.2 Å². The molecule has 4 heterocycles. The van der Waals surface area contributed by atoms with Gasteiger partial charge in [-0.05, 0) is 17.7 Å².